The van der Waals surface area contributed by atoms with E-state index in [0.717, 1.165) is 36.1 Å². The Bertz CT molecular complexity index is 651. The van der Waals surface area contributed by atoms with Crippen LogP contribution in [0.1, 0.15) is 65.5 Å². The van der Waals surface area contributed by atoms with E-state index in [2.05, 4.69) is 31.1 Å². The van der Waals surface area contributed by atoms with Crippen LogP contribution in [0.25, 0.3) is 0 Å². The summed E-state index contributed by atoms with van der Waals surface area (Å²) in [5.74, 6) is 0.928. The molecule has 0 aromatic carbocycles. The van der Waals surface area contributed by atoms with Gasteiger partial charge in [-0.25, -0.2) is 4.98 Å². The second-order valence-corrected chi connectivity index (χ2v) is 9.84. The summed E-state index contributed by atoms with van der Waals surface area (Å²) in [5.41, 5.74) is 1.86. The van der Waals surface area contributed by atoms with E-state index in [4.69, 9.17) is 4.98 Å². The molecule has 2 heterocycles. The Morgan fingerprint density at radius 1 is 1.38 bits per heavy atom. The molecule has 24 heavy (non-hydrogen) atoms. The summed E-state index contributed by atoms with van der Waals surface area (Å²) in [6, 6.07) is 0.391. The Kier molecular flexibility index (Phi) is 3.81. The number of rotatable bonds is 4. The van der Waals surface area contributed by atoms with E-state index >= 15 is 0 Å². The third kappa shape index (κ3) is 2.80. The summed E-state index contributed by atoms with van der Waals surface area (Å²) < 4.78 is 0. The van der Waals surface area contributed by atoms with Crippen LogP contribution in [-0.4, -0.2) is 33.9 Å². The number of thiazole rings is 1. The molecule has 2 aliphatic carbocycles. The lowest BCUT2D eigenvalue weighted by molar-refractivity contribution is -0.116. The summed E-state index contributed by atoms with van der Waals surface area (Å²) >= 11 is 1.63. The molecule has 4 rings (SSSR count). The van der Waals surface area contributed by atoms with Gasteiger partial charge in [0.15, 0.2) is 5.13 Å². The minimum atomic E-state index is 0.127. The maximum absolute atomic E-state index is 11.9. The van der Waals surface area contributed by atoms with Crippen molar-refractivity contribution in [2.24, 2.45) is 11.3 Å². The van der Waals surface area contributed by atoms with Crippen LogP contribution in [0.4, 0.5) is 5.13 Å². The Labute approximate surface area is 149 Å². The molecular weight excluding hydrogens is 318 g/mol. The number of carbonyl (C=O) groups is 1. The number of hydrogen-bond acceptors (Lipinski definition) is 4. The summed E-state index contributed by atoms with van der Waals surface area (Å²) in [4.78, 5) is 21.3. The van der Waals surface area contributed by atoms with Gasteiger partial charge in [-0.05, 0) is 57.3 Å². The van der Waals surface area contributed by atoms with E-state index < -0.39 is 0 Å². The average Bonchev–Trinajstić information content (AvgIpc) is 3.09. The van der Waals surface area contributed by atoms with E-state index in [0.29, 0.717) is 11.5 Å². The third-order valence-corrected chi connectivity index (χ3v) is 7.46. The molecule has 0 spiro atoms. The van der Waals surface area contributed by atoms with Crippen LogP contribution in [0.15, 0.2) is 5.38 Å². The van der Waals surface area contributed by atoms with Crippen molar-refractivity contribution in [2.75, 3.05) is 11.4 Å². The second-order valence-electron chi connectivity index (χ2n) is 9.00. The zero-order chi connectivity index (χ0) is 17.1. The highest BCUT2D eigenvalue weighted by Gasteiger charge is 2.51. The number of nitrogens with zero attached hydrogens (tertiary/aromatic N) is 3. The summed E-state index contributed by atoms with van der Waals surface area (Å²) in [6.45, 7) is 11.0. The first-order valence-corrected chi connectivity index (χ1v) is 10.2. The molecular formula is C19H29N3OS. The molecule has 4 nitrogen and oxygen atoms in total. The Morgan fingerprint density at radius 3 is 2.79 bits per heavy atom. The molecule has 1 saturated heterocycles. The van der Waals surface area contributed by atoms with Gasteiger partial charge in [0.2, 0.25) is 5.91 Å². The molecule has 0 N–H and O–H groups in total. The zero-order valence-electron chi connectivity index (χ0n) is 15.3. The van der Waals surface area contributed by atoms with Crippen LogP contribution in [0, 0.1) is 11.3 Å². The number of fused-ring (bicyclic) bond motifs is 2. The van der Waals surface area contributed by atoms with Crippen molar-refractivity contribution >= 4 is 22.4 Å². The first-order valence-electron chi connectivity index (χ1n) is 9.28. The Morgan fingerprint density at radius 2 is 2.12 bits per heavy atom. The van der Waals surface area contributed by atoms with Crippen LogP contribution in [0.3, 0.4) is 0 Å². The van der Waals surface area contributed by atoms with Gasteiger partial charge < -0.3 is 0 Å². The van der Waals surface area contributed by atoms with E-state index in [9.17, 15) is 4.79 Å². The van der Waals surface area contributed by atoms with Gasteiger partial charge in [-0.15, -0.1) is 11.3 Å². The van der Waals surface area contributed by atoms with E-state index in [1.807, 2.05) is 4.90 Å². The standard InChI is InChI=1S/C19H29N3OS/c1-13(23)22(16-5-6-16)17-20-15(11-24-17)10-21-12-19(4)8-7-14(9-19)18(21,2)3/h11,14,16H,5-10,12H2,1-4H3/t14-,19+/m0/s1. The number of aromatic nitrogens is 1. The van der Waals surface area contributed by atoms with Crippen molar-refractivity contribution in [1.29, 1.82) is 0 Å². The van der Waals surface area contributed by atoms with Gasteiger partial charge in [0.05, 0.1) is 5.69 Å². The van der Waals surface area contributed by atoms with Gasteiger partial charge in [-0.1, -0.05) is 6.92 Å². The largest absolute Gasteiger partial charge is 0.292 e. The lowest BCUT2D eigenvalue weighted by atomic mass is 9.75. The average molecular weight is 348 g/mol. The third-order valence-electron chi connectivity index (χ3n) is 6.57. The van der Waals surface area contributed by atoms with Crippen LogP contribution >= 0.6 is 11.3 Å². The normalized spacial score (nSPS) is 32.1. The van der Waals surface area contributed by atoms with Gasteiger partial charge >= 0.3 is 0 Å². The quantitative estimate of drug-likeness (QED) is 0.824. The van der Waals surface area contributed by atoms with E-state index in [1.165, 1.54) is 25.8 Å². The minimum absolute atomic E-state index is 0.127. The van der Waals surface area contributed by atoms with Crippen LogP contribution in [-0.2, 0) is 11.3 Å². The molecule has 3 aliphatic rings. The second kappa shape index (κ2) is 5.53. The summed E-state index contributed by atoms with van der Waals surface area (Å²) in [7, 11) is 0. The number of piperidine rings is 1. The predicted molar refractivity (Wildman–Crippen MR) is 98.2 cm³/mol. The SMILES string of the molecule is CC(=O)N(c1nc(CN2C[C@]3(C)CC[C@@H](C3)C2(C)C)cs1)C1CC1. The van der Waals surface area contributed by atoms with Crippen molar-refractivity contribution in [2.45, 2.75) is 77.9 Å². The van der Waals surface area contributed by atoms with Gasteiger partial charge in [-0.3, -0.25) is 14.6 Å². The summed E-state index contributed by atoms with van der Waals surface area (Å²) in [5, 5.41) is 3.05. The van der Waals surface area contributed by atoms with Crippen LogP contribution in [0.5, 0.6) is 0 Å². The molecule has 0 unspecified atom stereocenters. The van der Waals surface area contributed by atoms with E-state index in [1.54, 1.807) is 18.3 Å². The highest BCUT2D eigenvalue weighted by Crippen LogP contribution is 2.53. The van der Waals surface area contributed by atoms with Crippen molar-refractivity contribution in [3.63, 3.8) is 0 Å². The number of likely N-dealkylation sites (tertiary alicyclic amines) is 1. The maximum Gasteiger partial charge on any atom is 0.225 e. The van der Waals surface area contributed by atoms with Crippen molar-refractivity contribution in [1.82, 2.24) is 9.88 Å². The van der Waals surface area contributed by atoms with Crippen LogP contribution in [0.2, 0.25) is 0 Å². The van der Waals surface area contributed by atoms with Gasteiger partial charge in [0.25, 0.3) is 0 Å². The van der Waals surface area contributed by atoms with Crippen molar-refractivity contribution < 1.29 is 4.79 Å². The fourth-order valence-corrected chi connectivity index (χ4v) is 5.74. The molecule has 0 radical (unpaired) electrons. The Balaban J connectivity index is 1.52. The molecule has 5 heteroatoms. The predicted octanol–water partition coefficient (Wildman–Crippen LogP) is 4.06. The first kappa shape index (κ1) is 16.5. The summed E-state index contributed by atoms with van der Waals surface area (Å²) in [6.07, 6.45) is 6.34. The molecule has 132 valence electrons. The smallest absolute Gasteiger partial charge is 0.225 e. The number of hydrogen-bond donors (Lipinski definition) is 0. The molecule has 3 fully saturated rings. The minimum Gasteiger partial charge on any atom is -0.292 e. The lowest BCUT2D eigenvalue weighted by Gasteiger charge is -2.50. The zero-order valence-corrected chi connectivity index (χ0v) is 16.2. The molecule has 1 aliphatic heterocycles. The lowest BCUT2D eigenvalue weighted by Crippen LogP contribution is -2.55. The van der Waals surface area contributed by atoms with Crippen LogP contribution < -0.4 is 4.90 Å². The molecule has 2 bridgehead atoms. The highest BCUT2D eigenvalue weighted by molar-refractivity contribution is 7.14. The topological polar surface area (TPSA) is 36.4 Å². The number of carbonyl (C=O) groups excluding carboxylic acids is 1. The molecule has 1 aromatic rings. The highest BCUT2D eigenvalue weighted by atomic mass is 32.1. The molecule has 1 amide bonds. The van der Waals surface area contributed by atoms with Crippen molar-refractivity contribution in [3.05, 3.63) is 11.1 Å². The first-order chi connectivity index (χ1) is 11.3. The molecule has 2 atom stereocenters. The van der Waals surface area contributed by atoms with Crippen molar-refractivity contribution in [3.8, 4) is 0 Å². The van der Waals surface area contributed by atoms with Gasteiger partial charge in [-0.2, -0.15) is 0 Å². The van der Waals surface area contributed by atoms with Gasteiger partial charge in [0, 0.05) is 37.0 Å². The number of amides is 1. The Hall–Kier alpha value is -0.940. The number of anilines is 1. The monoisotopic (exact) mass is 347 g/mol. The fourth-order valence-electron chi connectivity index (χ4n) is 4.81. The molecule has 2 saturated carbocycles. The van der Waals surface area contributed by atoms with E-state index in [-0.39, 0.29) is 11.4 Å². The maximum atomic E-state index is 11.9. The molecule has 1 aromatic heterocycles. The van der Waals surface area contributed by atoms with Gasteiger partial charge in [0.1, 0.15) is 0 Å². The fraction of sp³-hybridized carbons (Fsp3) is 0.789.